The smallest absolute Gasteiger partial charge is 0.457 e. The Hall–Kier alpha value is -10.7. The van der Waals surface area contributed by atoms with Crippen molar-refractivity contribution in [2.24, 2.45) is 11.8 Å². The van der Waals surface area contributed by atoms with Gasteiger partial charge in [0.05, 0.1) is 5.41 Å². The van der Waals surface area contributed by atoms with Gasteiger partial charge in [0.2, 0.25) is 0 Å². The molecule has 0 amide bonds. The van der Waals surface area contributed by atoms with E-state index in [0.717, 1.165) is 65.0 Å². The Balaban J connectivity index is 0.000000378. The zero-order valence-corrected chi connectivity index (χ0v) is 72.4. The molecule has 4 aliphatic carbocycles. The Morgan fingerprint density at radius 2 is 0.466 bits per heavy atom. The molecule has 0 bridgehead atoms. The molecule has 0 heterocycles. The predicted molar refractivity (Wildman–Crippen MR) is 464 cm³/mol. The standard InChI is InChI=1S/C29H20O2.C24H21NO3.C16H14O3.C10H10O2.2C7H12O.2C3H6O.2CH3.Ar.Fe/c1-17(30)19-11-13-23-21-7-3-5-9-25(21)29(27(23)15-19)26-10-6-4-8-22(26)24-14-12-20(18(2)31)16-28(24)29;1-16(26)19-4-10-22(11-5-19)25(23-12-6-20(7-13-23)17(2)27)24-14-8-21(9-15-24)18(3)28;1-11(17)13-3-7-15(8-4-13)19-16-9-5-14(6-10-16)12(2)18;1-7(11)9-3-5-10(6-4-9)8(2)12;2*1-6(8)7-4-2-3-5-7;2*1-3(2)4;;;;/h3-16H,1-2H3;4-15H,1-3H3;3-10H,1-2H3;3-6H,1-2H3;2*7H,2-5H2,1H3;2*1-2H3;2*1H3;;/q;;;;;;;;2*-1;;+2. The SMILES string of the molecule is CC(=O)C1CCCC1.CC(=O)C1CCCC1.CC(=O)c1ccc(C(C)=O)cc1.CC(=O)c1ccc(N(c2ccc(C(C)=O)cc2)c2ccc(C(C)=O)cc2)cc1.CC(=O)c1ccc(Oc2ccc(C(C)=O)cc2)cc1.CC(=O)c1ccc2c(c1)C1(c3ccccc3-2)c2ccccc2-c2ccc(C(C)=O)cc21.CC(C)=O.CC(C)=O.[Ar].[CH3-].[CH3-].[Fe+2]. The Morgan fingerprint density at radius 1 is 0.271 bits per heavy atom. The van der Waals surface area contributed by atoms with Gasteiger partial charge in [-0.05, 0) is 308 Å². The molecule has 0 aliphatic heterocycles. The number of ketones is 13. The average Bonchev–Trinajstić information content (AvgIpc) is 1.51. The maximum atomic E-state index is 12.3. The van der Waals surface area contributed by atoms with E-state index in [2.05, 4.69) is 72.8 Å². The summed E-state index contributed by atoms with van der Waals surface area (Å²) in [6.07, 6.45) is 9.66. The molecule has 17 heteroatoms. The minimum Gasteiger partial charge on any atom is -0.457 e. The third kappa shape index (κ3) is 27.7. The molecule has 2 fully saturated rings. The Morgan fingerprint density at radius 3 is 0.678 bits per heavy atom. The summed E-state index contributed by atoms with van der Waals surface area (Å²) in [5.74, 6) is 3.50. The Labute approximate surface area is 737 Å². The van der Waals surface area contributed by atoms with Crippen LogP contribution in [-0.2, 0) is 41.7 Å². The number of hydrogen-bond donors (Lipinski definition) is 0. The molecule has 0 N–H and O–H groups in total. The number of nitrogens with zero attached hydrogens (tertiary/aromatic N) is 1. The third-order valence-electron chi connectivity index (χ3n) is 19.8. The molecule has 2 saturated carbocycles. The van der Waals surface area contributed by atoms with E-state index in [0.29, 0.717) is 85.0 Å². The van der Waals surface area contributed by atoms with Crippen molar-refractivity contribution in [2.45, 2.75) is 161 Å². The minimum absolute atomic E-state index is 0. The van der Waals surface area contributed by atoms with Crippen molar-refractivity contribution in [1.82, 2.24) is 0 Å². The maximum Gasteiger partial charge on any atom is 2.00 e. The van der Waals surface area contributed by atoms with Gasteiger partial charge in [0.1, 0.15) is 34.6 Å². The number of Topliss-reactive ketones (excluding diaryl/α,β-unsaturated/α-hetero) is 13. The molecule has 0 aromatic heterocycles. The van der Waals surface area contributed by atoms with E-state index in [9.17, 15) is 62.3 Å². The van der Waals surface area contributed by atoms with Gasteiger partial charge < -0.3 is 34.1 Å². The summed E-state index contributed by atoms with van der Waals surface area (Å²) >= 11 is 0. The number of anilines is 3. The largest absolute Gasteiger partial charge is 2.00 e. The molecule has 0 saturated heterocycles. The summed E-state index contributed by atoms with van der Waals surface area (Å²) in [6, 6.07) is 71.7. The fourth-order valence-electron chi connectivity index (χ4n) is 13.8. The fraction of sp³-hybridized carbons (Fsp3) is 0.257. The number of hydrogen-bond acceptors (Lipinski definition) is 15. The van der Waals surface area contributed by atoms with Crippen molar-refractivity contribution in [3.05, 3.63) is 318 Å². The monoisotopic (exact) mass is 1650 g/mol. The van der Waals surface area contributed by atoms with E-state index >= 15 is 0 Å². The number of carbonyl (C=O) groups is 13. The first-order valence-corrected chi connectivity index (χ1v) is 38.3. The van der Waals surface area contributed by atoms with Crippen LogP contribution in [0.3, 0.4) is 0 Å². The molecule has 0 atom stereocenters. The molecule has 10 aromatic carbocycles. The second kappa shape index (κ2) is 48.2. The van der Waals surface area contributed by atoms with E-state index in [1.807, 2.05) is 53.4 Å². The van der Waals surface area contributed by atoms with E-state index in [1.54, 1.807) is 137 Å². The zero-order chi connectivity index (χ0) is 83.7. The van der Waals surface area contributed by atoms with Crippen LogP contribution in [0.2, 0.25) is 0 Å². The second-order valence-electron chi connectivity index (χ2n) is 29.1. The van der Waals surface area contributed by atoms with Crippen molar-refractivity contribution in [2.75, 3.05) is 4.90 Å². The first-order chi connectivity index (χ1) is 54.1. The van der Waals surface area contributed by atoms with Crippen LogP contribution in [-0.4, -0.2) is 75.2 Å². The topological polar surface area (TPSA) is 234 Å². The van der Waals surface area contributed by atoms with Crippen LogP contribution in [0.25, 0.3) is 22.3 Å². The summed E-state index contributed by atoms with van der Waals surface area (Å²) in [5.41, 5.74) is 17.3. The van der Waals surface area contributed by atoms with Gasteiger partial charge >= 0.3 is 17.1 Å². The van der Waals surface area contributed by atoms with E-state index in [1.165, 1.54) is 124 Å². The minimum atomic E-state index is -0.533. The van der Waals surface area contributed by atoms with Gasteiger partial charge in [0.25, 0.3) is 0 Å². The van der Waals surface area contributed by atoms with Gasteiger partial charge in [-0.25, -0.2) is 0 Å². The summed E-state index contributed by atoms with van der Waals surface area (Å²) < 4.78 is 5.63. The average molecular weight is 1650 g/mol. The van der Waals surface area contributed by atoms with Crippen molar-refractivity contribution in [3.63, 3.8) is 0 Å². The zero-order valence-electron chi connectivity index (χ0n) is 70.6. The summed E-state index contributed by atoms with van der Waals surface area (Å²) in [5, 5.41) is 0. The molecule has 15 nitrogen and oxygen atoms in total. The number of carbonyl (C=O) groups excluding carboxylic acids is 13. The molecule has 4 aliphatic rings. The summed E-state index contributed by atoms with van der Waals surface area (Å²) in [4.78, 5) is 146. The predicted octanol–water partition coefficient (Wildman–Crippen LogP) is 23.8. The van der Waals surface area contributed by atoms with Crippen LogP contribution < -0.4 is 9.64 Å². The Kier molecular flexibility index (Phi) is 41.5. The number of ether oxygens (including phenoxy) is 1. The van der Waals surface area contributed by atoms with Crippen LogP contribution in [0.5, 0.6) is 11.5 Å². The number of benzene rings is 10. The van der Waals surface area contributed by atoms with Crippen LogP contribution in [0, 0.1) is 64.4 Å². The normalized spacial score (nSPS) is 12.1. The molecule has 1 spiro atoms. The van der Waals surface area contributed by atoms with E-state index < -0.39 is 5.41 Å². The van der Waals surface area contributed by atoms with Gasteiger partial charge in [-0.1, -0.05) is 123 Å². The number of fused-ring (bicyclic) bond motifs is 10. The van der Waals surface area contributed by atoms with Crippen LogP contribution >= 0.6 is 0 Å². The van der Waals surface area contributed by atoms with Crippen LogP contribution in [0.4, 0.5) is 17.1 Å². The van der Waals surface area contributed by atoms with Crippen molar-refractivity contribution in [1.29, 1.82) is 0 Å². The van der Waals surface area contributed by atoms with E-state index in [4.69, 9.17) is 4.74 Å². The van der Waals surface area contributed by atoms with Gasteiger partial charge in [-0.15, -0.1) is 0 Å². The number of rotatable bonds is 16. The third-order valence-corrected chi connectivity index (χ3v) is 19.8. The molecular formula is C101H107ArFeNO14. The first-order valence-electron chi connectivity index (χ1n) is 38.3. The second-order valence-corrected chi connectivity index (χ2v) is 29.1. The van der Waals surface area contributed by atoms with Crippen molar-refractivity contribution >= 4 is 92.2 Å². The first kappa shape index (κ1) is 101. The van der Waals surface area contributed by atoms with Gasteiger partial charge in [0.15, 0.2) is 52.0 Å². The molecule has 10 aromatic rings. The molecule has 616 valence electrons. The Bertz CT molecular complexity index is 4800. The van der Waals surface area contributed by atoms with E-state index in [-0.39, 0.29) is 133 Å². The molecule has 0 unspecified atom stereocenters. The molecule has 14 rings (SSSR count). The maximum absolute atomic E-state index is 12.3. The fourth-order valence-corrected chi connectivity index (χ4v) is 13.8. The summed E-state index contributed by atoms with van der Waals surface area (Å²) in [6.45, 7) is 23.4. The van der Waals surface area contributed by atoms with Gasteiger partial charge in [0, 0.05) is 117 Å². The van der Waals surface area contributed by atoms with Crippen molar-refractivity contribution in [3.8, 4) is 33.8 Å². The summed E-state index contributed by atoms with van der Waals surface area (Å²) in [7, 11) is 0. The quantitative estimate of drug-likeness (QED) is 0.0497. The van der Waals surface area contributed by atoms with Gasteiger partial charge in [-0.3, -0.25) is 52.7 Å². The molecule has 0 radical (unpaired) electrons. The molecular weight excluding hydrogens is 1550 g/mol. The van der Waals surface area contributed by atoms with Gasteiger partial charge in [-0.2, -0.15) is 0 Å². The van der Waals surface area contributed by atoms with Crippen molar-refractivity contribution < 1.29 is 122 Å². The van der Waals surface area contributed by atoms with Crippen LogP contribution in [0.15, 0.2) is 231 Å². The van der Waals surface area contributed by atoms with Crippen LogP contribution in [0.1, 0.15) is 271 Å². The molecule has 118 heavy (non-hydrogen) atoms.